The van der Waals surface area contributed by atoms with E-state index in [-0.39, 0.29) is 12.5 Å². The van der Waals surface area contributed by atoms with E-state index in [1.807, 2.05) is 17.0 Å². The Labute approximate surface area is 126 Å². The van der Waals surface area contributed by atoms with E-state index in [4.69, 9.17) is 15.2 Å². The molecule has 2 rings (SSSR count). The van der Waals surface area contributed by atoms with E-state index in [0.717, 1.165) is 31.5 Å². The molecule has 0 unspecified atom stereocenters. The van der Waals surface area contributed by atoms with E-state index >= 15 is 0 Å². The van der Waals surface area contributed by atoms with Crippen molar-refractivity contribution in [2.45, 2.75) is 32.2 Å². The average molecular weight is 292 g/mol. The van der Waals surface area contributed by atoms with Crippen LogP contribution in [0.25, 0.3) is 0 Å². The molecule has 0 aromatic heterocycles. The molecule has 116 valence electrons. The number of nitrogens with zero attached hydrogens (tertiary/aromatic N) is 1. The van der Waals surface area contributed by atoms with Gasteiger partial charge in [0.1, 0.15) is 11.5 Å². The number of likely N-dealkylation sites (tertiary alicyclic amines) is 1. The monoisotopic (exact) mass is 292 g/mol. The Bertz CT molecular complexity index is 469. The Kier molecular flexibility index (Phi) is 5.87. The first-order valence-electron chi connectivity index (χ1n) is 7.52. The predicted octanol–water partition coefficient (Wildman–Crippen LogP) is 1.94. The number of ether oxygens (including phenoxy) is 2. The molecule has 21 heavy (non-hydrogen) atoms. The van der Waals surface area contributed by atoms with Crippen LogP contribution in [0.1, 0.15) is 31.2 Å². The zero-order chi connectivity index (χ0) is 15.1. The number of amides is 1. The normalized spacial score (nSPS) is 15.4. The fourth-order valence-corrected chi connectivity index (χ4v) is 2.52. The lowest BCUT2D eigenvalue weighted by Gasteiger charge is -2.21. The standard InChI is InChI=1S/C16H24N2O3/c1-20-14-7-6-13(11-17)15(10-14)21-12-16(19)18-8-4-2-3-5-9-18/h6-7,10H,2-5,8-9,11-12,17H2,1H3. The molecule has 0 atom stereocenters. The first-order chi connectivity index (χ1) is 10.2. The maximum absolute atomic E-state index is 12.2. The van der Waals surface area contributed by atoms with Gasteiger partial charge in [0, 0.05) is 31.3 Å². The van der Waals surface area contributed by atoms with Crippen LogP contribution >= 0.6 is 0 Å². The van der Waals surface area contributed by atoms with E-state index in [1.165, 1.54) is 12.8 Å². The summed E-state index contributed by atoms with van der Waals surface area (Å²) in [6.45, 7) is 2.10. The third kappa shape index (κ3) is 4.36. The molecule has 0 aliphatic carbocycles. The maximum Gasteiger partial charge on any atom is 0.260 e. The van der Waals surface area contributed by atoms with Crippen LogP contribution in [0, 0.1) is 0 Å². The second-order valence-corrected chi connectivity index (χ2v) is 5.26. The van der Waals surface area contributed by atoms with Gasteiger partial charge in [-0.25, -0.2) is 0 Å². The van der Waals surface area contributed by atoms with Gasteiger partial charge >= 0.3 is 0 Å². The molecule has 5 nitrogen and oxygen atoms in total. The largest absolute Gasteiger partial charge is 0.497 e. The van der Waals surface area contributed by atoms with Crippen LogP contribution in [0.3, 0.4) is 0 Å². The lowest BCUT2D eigenvalue weighted by atomic mass is 10.2. The maximum atomic E-state index is 12.2. The van der Waals surface area contributed by atoms with Crippen LogP contribution in [0.2, 0.25) is 0 Å². The van der Waals surface area contributed by atoms with Crippen molar-refractivity contribution in [3.8, 4) is 11.5 Å². The van der Waals surface area contributed by atoms with E-state index in [0.29, 0.717) is 18.0 Å². The van der Waals surface area contributed by atoms with Crippen LogP contribution in [0.4, 0.5) is 0 Å². The number of carbonyl (C=O) groups excluding carboxylic acids is 1. The molecule has 0 spiro atoms. The molecule has 2 N–H and O–H groups in total. The third-order valence-electron chi connectivity index (χ3n) is 3.80. The Hall–Kier alpha value is -1.75. The second-order valence-electron chi connectivity index (χ2n) is 5.26. The van der Waals surface area contributed by atoms with Crippen molar-refractivity contribution in [2.24, 2.45) is 5.73 Å². The van der Waals surface area contributed by atoms with Crippen molar-refractivity contribution in [3.05, 3.63) is 23.8 Å². The lowest BCUT2D eigenvalue weighted by molar-refractivity contribution is -0.133. The number of carbonyl (C=O) groups is 1. The molecule has 5 heteroatoms. The molecule has 1 heterocycles. The molecule has 1 aromatic rings. The molecule has 1 saturated heterocycles. The molecule has 1 aliphatic heterocycles. The van der Waals surface area contributed by atoms with Crippen molar-refractivity contribution in [1.29, 1.82) is 0 Å². The summed E-state index contributed by atoms with van der Waals surface area (Å²) in [5.41, 5.74) is 6.57. The highest BCUT2D eigenvalue weighted by Gasteiger charge is 2.16. The molecule has 1 fully saturated rings. The van der Waals surface area contributed by atoms with E-state index in [1.54, 1.807) is 13.2 Å². The van der Waals surface area contributed by atoms with Gasteiger partial charge in [-0.15, -0.1) is 0 Å². The first-order valence-corrected chi connectivity index (χ1v) is 7.52. The highest BCUT2D eigenvalue weighted by molar-refractivity contribution is 5.77. The van der Waals surface area contributed by atoms with Crippen molar-refractivity contribution < 1.29 is 14.3 Å². The number of rotatable bonds is 5. The summed E-state index contributed by atoms with van der Waals surface area (Å²) >= 11 is 0. The number of nitrogens with two attached hydrogens (primary N) is 1. The van der Waals surface area contributed by atoms with E-state index in [9.17, 15) is 4.79 Å². The molecule has 1 aliphatic rings. The minimum atomic E-state index is 0.0442. The molecular weight excluding hydrogens is 268 g/mol. The summed E-state index contributed by atoms with van der Waals surface area (Å²) in [4.78, 5) is 14.1. The van der Waals surface area contributed by atoms with Crippen molar-refractivity contribution >= 4 is 5.91 Å². The van der Waals surface area contributed by atoms with Crippen LogP contribution < -0.4 is 15.2 Å². The van der Waals surface area contributed by atoms with E-state index < -0.39 is 0 Å². The predicted molar refractivity (Wildman–Crippen MR) is 81.4 cm³/mol. The first kappa shape index (κ1) is 15.6. The summed E-state index contributed by atoms with van der Waals surface area (Å²) in [6, 6.07) is 5.48. The SMILES string of the molecule is COc1ccc(CN)c(OCC(=O)N2CCCCCC2)c1. The topological polar surface area (TPSA) is 64.8 Å². The van der Waals surface area contributed by atoms with Gasteiger partial charge in [0.15, 0.2) is 6.61 Å². The molecule has 1 aromatic carbocycles. The Morgan fingerprint density at radius 3 is 2.57 bits per heavy atom. The summed E-state index contributed by atoms with van der Waals surface area (Å²) in [5.74, 6) is 1.37. The summed E-state index contributed by atoms with van der Waals surface area (Å²) in [5, 5.41) is 0. The molecule has 1 amide bonds. The van der Waals surface area contributed by atoms with Gasteiger partial charge in [-0.05, 0) is 18.9 Å². The van der Waals surface area contributed by atoms with Crippen LogP contribution in [0.5, 0.6) is 11.5 Å². The second kappa shape index (κ2) is 7.88. The van der Waals surface area contributed by atoms with Gasteiger partial charge < -0.3 is 20.1 Å². The van der Waals surface area contributed by atoms with Gasteiger partial charge in [0.2, 0.25) is 0 Å². The Morgan fingerprint density at radius 1 is 1.24 bits per heavy atom. The summed E-state index contributed by atoms with van der Waals surface area (Å²) in [7, 11) is 1.60. The number of methoxy groups -OCH3 is 1. The van der Waals surface area contributed by atoms with Crippen LogP contribution in [0.15, 0.2) is 18.2 Å². The number of hydrogen-bond donors (Lipinski definition) is 1. The summed E-state index contributed by atoms with van der Waals surface area (Å²) in [6.07, 6.45) is 4.58. The fraction of sp³-hybridized carbons (Fsp3) is 0.562. The van der Waals surface area contributed by atoms with Gasteiger partial charge in [-0.3, -0.25) is 4.79 Å². The van der Waals surface area contributed by atoms with Gasteiger partial charge in [-0.1, -0.05) is 18.9 Å². The average Bonchev–Trinajstić information content (AvgIpc) is 2.81. The summed E-state index contributed by atoms with van der Waals surface area (Å²) < 4.78 is 10.9. The van der Waals surface area contributed by atoms with Gasteiger partial charge in [0.05, 0.1) is 7.11 Å². The Balaban J connectivity index is 1.96. The lowest BCUT2D eigenvalue weighted by Crippen LogP contribution is -2.35. The van der Waals surface area contributed by atoms with Gasteiger partial charge in [-0.2, -0.15) is 0 Å². The molecule has 0 saturated carbocycles. The zero-order valence-corrected chi connectivity index (χ0v) is 12.6. The van der Waals surface area contributed by atoms with Crippen LogP contribution in [-0.4, -0.2) is 37.6 Å². The van der Waals surface area contributed by atoms with Crippen molar-refractivity contribution in [2.75, 3.05) is 26.8 Å². The third-order valence-corrected chi connectivity index (χ3v) is 3.80. The molecular formula is C16H24N2O3. The number of benzene rings is 1. The smallest absolute Gasteiger partial charge is 0.260 e. The molecule has 0 radical (unpaired) electrons. The quantitative estimate of drug-likeness (QED) is 0.900. The fourth-order valence-electron chi connectivity index (χ4n) is 2.52. The zero-order valence-electron chi connectivity index (χ0n) is 12.6. The highest BCUT2D eigenvalue weighted by atomic mass is 16.5. The minimum Gasteiger partial charge on any atom is -0.497 e. The molecule has 0 bridgehead atoms. The minimum absolute atomic E-state index is 0.0442. The highest BCUT2D eigenvalue weighted by Crippen LogP contribution is 2.24. The van der Waals surface area contributed by atoms with Gasteiger partial charge in [0.25, 0.3) is 5.91 Å². The van der Waals surface area contributed by atoms with E-state index in [2.05, 4.69) is 0 Å². The van der Waals surface area contributed by atoms with Crippen molar-refractivity contribution in [3.63, 3.8) is 0 Å². The Morgan fingerprint density at radius 2 is 1.95 bits per heavy atom. The van der Waals surface area contributed by atoms with Crippen LogP contribution in [-0.2, 0) is 11.3 Å². The number of hydrogen-bond acceptors (Lipinski definition) is 4. The van der Waals surface area contributed by atoms with Crippen molar-refractivity contribution in [1.82, 2.24) is 4.90 Å².